The summed E-state index contributed by atoms with van der Waals surface area (Å²) < 4.78 is 44.5. The molecule has 66 heavy (non-hydrogen) atoms. The molecule has 310 valence electrons. The summed E-state index contributed by atoms with van der Waals surface area (Å²) in [6.07, 6.45) is 0. The lowest BCUT2D eigenvalue weighted by molar-refractivity contribution is 1.18. The van der Waals surface area contributed by atoms with Crippen molar-refractivity contribution in [1.82, 2.24) is 4.57 Å². The average Bonchev–Trinajstić information content (AvgIpc) is 3.76. The van der Waals surface area contributed by atoms with Crippen LogP contribution < -0.4 is 4.90 Å². The molecular weight excluding hydrogens is 797 g/mol. The van der Waals surface area contributed by atoms with Crippen LogP contribution in [0.1, 0.15) is 6.85 Å². The molecule has 2 heteroatoms. The molecule has 0 aliphatic heterocycles. The molecule has 2 nitrogen and oxygen atoms in total. The normalized spacial score (nSPS) is 12.4. The number of anilines is 3. The van der Waals surface area contributed by atoms with Gasteiger partial charge < -0.3 is 9.47 Å². The molecule has 0 amide bonds. The summed E-state index contributed by atoms with van der Waals surface area (Å²) >= 11 is 0. The van der Waals surface area contributed by atoms with E-state index in [1.54, 1.807) is 0 Å². The van der Waals surface area contributed by atoms with E-state index in [2.05, 4.69) is 210 Å². The first-order valence-electron chi connectivity index (χ1n) is 24.7. The van der Waals surface area contributed by atoms with Crippen molar-refractivity contribution in [2.75, 3.05) is 4.90 Å². The topological polar surface area (TPSA) is 8.17 Å². The van der Waals surface area contributed by atoms with Gasteiger partial charge in [-0.15, -0.1) is 0 Å². The molecule has 0 saturated carbocycles. The Balaban J connectivity index is 0.944. The maximum Gasteiger partial charge on any atom is 0.0629 e. The van der Waals surface area contributed by atoms with Crippen LogP contribution in [-0.2, 0) is 0 Å². The van der Waals surface area contributed by atoms with E-state index in [0.717, 1.165) is 67.2 Å². The molecular formula is C64H44N2. The number of para-hydroxylation sites is 1. The SMILES string of the molecule is [2H]c1c([2H])c([2H])c(-c2ccc(N(c3ccc(-c4ccc5c(c4)c4ccccc4n5-c4ccc(-c5ccc6ccccc6c5)cc4)cc3)c3cc(-c4ccccc4)cc(-c4ccccc4)c3)cc2)c([2H])c1[2H]. The minimum atomic E-state index is -0.409. The molecule has 12 rings (SSSR count). The van der Waals surface area contributed by atoms with E-state index in [1.165, 1.54) is 32.7 Å². The molecule has 0 aliphatic rings. The Morgan fingerprint density at radius 1 is 0.288 bits per heavy atom. The Bertz CT molecular complexity index is 3870. The van der Waals surface area contributed by atoms with Gasteiger partial charge in [0, 0.05) is 33.5 Å². The third-order valence-electron chi connectivity index (χ3n) is 12.6. The van der Waals surface area contributed by atoms with E-state index >= 15 is 0 Å². The van der Waals surface area contributed by atoms with Gasteiger partial charge in [-0.25, -0.2) is 0 Å². The second-order valence-corrected chi connectivity index (χ2v) is 16.6. The molecule has 0 fully saturated rings. The number of hydrogen-bond acceptors (Lipinski definition) is 1. The van der Waals surface area contributed by atoms with Gasteiger partial charge in [0.25, 0.3) is 0 Å². The zero-order valence-corrected chi connectivity index (χ0v) is 35.9. The van der Waals surface area contributed by atoms with Gasteiger partial charge in [-0.1, -0.05) is 188 Å². The maximum absolute atomic E-state index is 8.68. The van der Waals surface area contributed by atoms with Crippen LogP contribution in [0.15, 0.2) is 267 Å². The van der Waals surface area contributed by atoms with Gasteiger partial charge in [-0.05, 0) is 145 Å². The lowest BCUT2D eigenvalue weighted by Gasteiger charge is -2.27. The highest BCUT2D eigenvalue weighted by atomic mass is 15.1. The molecule has 0 unspecified atom stereocenters. The van der Waals surface area contributed by atoms with Crippen LogP contribution in [0.2, 0.25) is 0 Å². The highest BCUT2D eigenvalue weighted by Gasteiger charge is 2.18. The van der Waals surface area contributed by atoms with Crippen LogP contribution in [0.5, 0.6) is 0 Å². The first-order chi connectivity index (χ1) is 34.8. The molecule has 12 aromatic rings. The predicted molar refractivity (Wildman–Crippen MR) is 280 cm³/mol. The molecule has 1 heterocycles. The fourth-order valence-corrected chi connectivity index (χ4v) is 9.36. The van der Waals surface area contributed by atoms with Crippen LogP contribution in [0.25, 0.3) is 93.9 Å². The zero-order chi connectivity index (χ0) is 48.2. The van der Waals surface area contributed by atoms with Crippen molar-refractivity contribution in [1.29, 1.82) is 0 Å². The second kappa shape index (κ2) is 16.8. The minimum absolute atomic E-state index is 0.172. The number of benzene rings is 11. The molecule has 11 aromatic carbocycles. The Kier molecular flexibility index (Phi) is 8.58. The van der Waals surface area contributed by atoms with Crippen molar-refractivity contribution in [3.8, 4) is 61.3 Å². The van der Waals surface area contributed by atoms with Crippen molar-refractivity contribution in [3.05, 3.63) is 267 Å². The molecule has 0 aliphatic carbocycles. The number of nitrogens with zero attached hydrogens (tertiary/aromatic N) is 2. The van der Waals surface area contributed by atoms with Gasteiger partial charge in [0.05, 0.1) is 17.9 Å². The summed E-state index contributed by atoms with van der Waals surface area (Å²) in [5.41, 5.74) is 15.7. The van der Waals surface area contributed by atoms with E-state index < -0.39 is 6.04 Å². The second-order valence-electron chi connectivity index (χ2n) is 16.6. The summed E-state index contributed by atoms with van der Waals surface area (Å²) in [5, 5.41) is 4.82. The van der Waals surface area contributed by atoms with E-state index in [9.17, 15) is 0 Å². The highest BCUT2D eigenvalue weighted by Crippen LogP contribution is 2.42. The first kappa shape index (κ1) is 33.8. The van der Waals surface area contributed by atoms with E-state index in [0.29, 0.717) is 5.56 Å². The lowest BCUT2D eigenvalue weighted by Crippen LogP contribution is -2.10. The van der Waals surface area contributed by atoms with Crippen LogP contribution in [0.3, 0.4) is 0 Å². The Morgan fingerprint density at radius 2 is 0.773 bits per heavy atom. The Hall–Kier alpha value is -8.72. The van der Waals surface area contributed by atoms with Crippen LogP contribution in [0, 0.1) is 0 Å². The minimum Gasteiger partial charge on any atom is -0.310 e. The van der Waals surface area contributed by atoms with Crippen LogP contribution in [0.4, 0.5) is 17.1 Å². The fraction of sp³-hybridized carbons (Fsp3) is 0. The van der Waals surface area contributed by atoms with E-state index in [4.69, 9.17) is 6.85 Å². The molecule has 1 aromatic heterocycles. The van der Waals surface area contributed by atoms with Crippen LogP contribution >= 0.6 is 0 Å². The monoisotopic (exact) mass is 845 g/mol. The number of rotatable bonds is 9. The predicted octanol–water partition coefficient (Wildman–Crippen LogP) is 17.7. The van der Waals surface area contributed by atoms with Crippen LogP contribution in [-0.4, -0.2) is 4.57 Å². The largest absolute Gasteiger partial charge is 0.310 e. The van der Waals surface area contributed by atoms with Gasteiger partial charge in [-0.3, -0.25) is 0 Å². The van der Waals surface area contributed by atoms with Crippen molar-refractivity contribution < 1.29 is 6.85 Å². The first-order valence-corrected chi connectivity index (χ1v) is 22.2. The molecule has 0 saturated heterocycles. The van der Waals surface area contributed by atoms with Crippen molar-refractivity contribution in [2.45, 2.75) is 0 Å². The summed E-state index contributed by atoms with van der Waals surface area (Å²) in [5.74, 6) is 0. The zero-order valence-electron chi connectivity index (χ0n) is 40.9. The van der Waals surface area contributed by atoms with Crippen molar-refractivity contribution >= 4 is 49.6 Å². The summed E-state index contributed by atoms with van der Waals surface area (Å²) in [7, 11) is 0. The fourth-order valence-electron chi connectivity index (χ4n) is 9.36. The van der Waals surface area contributed by atoms with Gasteiger partial charge in [0.2, 0.25) is 0 Å². The number of fused-ring (bicyclic) bond motifs is 4. The standard InChI is InChI=1S/C64H44N2/c1-4-14-45(15-5-1)49-26-33-57(34-27-49)65(60-42-55(46-16-6-2-7-17-46)41-56(43-60)47-18-8-3-9-19-47)58-35-28-51(29-36-58)54-32-39-64-62(44-54)61-22-12-13-23-63(61)66(64)59-37-30-50(31-38-59)53-25-24-48-20-10-11-21-52(48)40-53/h1-44H/i1D,4D,5D,14D,15D. The third kappa shape index (κ3) is 7.31. The highest BCUT2D eigenvalue weighted by molar-refractivity contribution is 6.10. The van der Waals surface area contributed by atoms with E-state index in [1.807, 2.05) is 36.4 Å². The molecule has 0 bridgehead atoms. The Morgan fingerprint density at radius 3 is 1.42 bits per heavy atom. The molecule has 0 radical (unpaired) electrons. The molecule has 0 spiro atoms. The number of aromatic nitrogens is 1. The molecule has 0 N–H and O–H groups in total. The third-order valence-corrected chi connectivity index (χ3v) is 12.6. The van der Waals surface area contributed by atoms with Crippen molar-refractivity contribution in [2.24, 2.45) is 0 Å². The summed E-state index contributed by atoms with van der Waals surface area (Å²) in [6.45, 7) is 0. The summed E-state index contributed by atoms with van der Waals surface area (Å²) in [4.78, 5) is 2.22. The van der Waals surface area contributed by atoms with Crippen molar-refractivity contribution in [3.63, 3.8) is 0 Å². The Labute approximate surface area is 392 Å². The lowest BCUT2D eigenvalue weighted by atomic mass is 9.97. The smallest absolute Gasteiger partial charge is 0.0629 e. The molecule has 0 atom stereocenters. The quantitative estimate of drug-likeness (QED) is 0.141. The number of hydrogen-bond donors (Lipinski definition) is 0. The van der Waals surface area contributed by atoms with E-state index in [-0.39, 0.29) is 29.7 Å². The average molecular weight is 846 g/mol. The maximum atomic E-state index is 8.68. The summed E-state index contributed by atoms with van der Waals surface area (Å²) in [6, 6.07) is 81.4. The van der Waals surface area contributed by atoms with Gasteiger partial charge >= 0.3 is 0 Å². The van der Waals surface area contributed by atoms with Gasteiger partial charge in [0.15, 0.2) is 0 Å². The van der Waals surface area contributed by atoms with Gasteiger partial charge in [-0.2, -0.15) is 0 Å². The van der Waals surface area contributed by atoms with Gasteiger partial charge in [0.1, 0.15) is 0 Å².